The molecule has 0 bridgehead atoms. The smallest absolute Gasteiger partial charge is 0.159 e. The van der Waals surface area contributed by atoms with Crippen LogP contribution in [0.1, 0.15) is 17.2 Å². The van der Waals surface area contributed by atoms with E-state index >= 15 is 0 Å². The third-order valence-electron chi connectivity index (χ3n) is 2.52. The Hall–Kier alpha value is -1.88. The second kappa shape index (κ2) is 4.97. The van der Waals surface area contributed by atoms with Crippen molar-refractivity contribution in [1.29, 1.82) is 0 Å². The summed E-state index contributed by atoms with van der Waals surface area (Å²) in [5.41, 5.74) is 6.87. The summed E-state index contributed by atoms with van der Waals surface area (Å²) in [5, 5.41) is 0. The summed E-state index contributed by atoms with van der Waals surface area (Å²) < 4.78 is 26.0. The number of aromatic nitrogens is 2. The Kier molecular flexibility index (Phi) is 3.39. The molecule has 2 rings (SSSR count). The first-order chi connectivity index (χ1) is 8.22. The zero-order chi connectivity index (χ0) is 12.3. The van der Waals surface area contributed by atoms with Gasteiger partial charge < -0.3 is 5.73 Å². The van der Waals surface area contributed by atoms with Gasteiger partial charge in [0.2, 0.25) is 0 Å². The van der Waals surface area contributed by atoms with Crippen LogP contribution in [0.25, 0.3) is 0 Å². The molecule has 0 saturated carbocycles. The molecule has 0 fully saturated rings. The fourth-order valence-corrected chi connectivity index (χ4v) is 1.65. The molecule has 17 heavy (non-hydrogen) atoms. The first-order valence-corrected chi connectivity index (χ1v) is 5.13. The van der Waals surface area contributed by atoms with E-state index in [4.69, 9.17) is 5.73 Å². The van der Waals surface area contributed by atoms with Gasteiger partial charge in [0.1, 0.15) is 0 Å². The SMILES string of the molecule is NCC(c1ccc(F)c(F)c1)c1cnccn1. The van der Waals surface area contributed by atoms with Gasteiger partial charge >= 0.3 is 0 Å². The van der Waals surface area contributed by atoms with Crippen LogP contribution in [0.3, 0.4) is 0 Å². The highest BCUT2D eigenvalue weighted by Crippen LogP contribution is 2.22. The lowest BCUT2D eigenvalue weighted by atomic mass is 9.96. The maximum atomic E-state index is 13.1. The average Bonchev–Trinajstić information content (AvgIpc) is 2.36. The van der Waals surface area contributed by atoms with Gasteiger partial charge in [0.05, 0.1) is 5.69 Å². The fraction of sp³-hybridized carbons (Fsp3) is 0.167. The molecule has 0 spiro atoms. The van der Waals surface area contributed by atoms with Crippen LogP contribution in [0.15, 0.2) is 36.8 Å². The fourth-order valence-electron chi connectivity index (χ4n) is 1.65. The Bertz CT molecular complexity index is 502. The summed E-state index contributed by atoms with van der Waals surface area (Å²) in [6.45, 7) is 0.254. The second-order valence-corrected chi connectivity index (χ2v) is 3.59. The van der Waals surface area contributed by atoms with Gasteiger partial charge in [0.25, 0.3) is 0 Å². The van der Waals surface area contributed by atoms with Gasteiger partial charge in [-0.25, -0.2) is 8.78 Å². The minimum absolute atomic E-state index is 0.254. The molecule has 0 saturated heterocycles. The summed E-state index contributed by atoms with van der Waals surface area (Å²) >= 11 is 0. The van der Waals surface area contributed by atoms with Gasteiger partial charge in [-0.05, 0) is 17.7 Å². The molecule has 1 aromatic heterocycles. The Balaban J connectivity index is 2.39. The van der Waals surface area contributed by atoms with Crippen molar-refractivity contribution in [2.45, 2.75) is 5.92 Å². The van der Waals surface area contributed by atoms with E-state index < -0.39 is 11.6 Å². The third kappa shape index (κ3) is 2.45. The molecule has 3 nitrogen and oxygen atoms in total. The van der Waals surface area contributed by atoms with Crippen molar-refractivity contribution >= 4 is 0 Å². The van der Waals surface area contributed by atoms with Gasteiger partial charge in [-0.1, -0.05) is 6.07 Å². The van der Waals surface area contributed by atoms with E-state index in [1.165, 1.54) is 12.3 Å². The van der Waals surface area contributed by atoms with Gasteiger partial charge in [-0.2, -0.15) is 0 Å². The average molecular weight is 235 g/mol. The number of nitrogens with zero attached hydrogens (tertiary/aromatic N) is 2. The largest absolute Gasteiger partial charge is 0.329 e. The second-order valence-electron chi connectivity index (χ2n) is 3.59. The lowest BCUT2D eigenvalue weighted by molar-refractivity contribution is 0.506. The zero-order valence-electron chi connectivity index (χ0n) is 8.98. The number of benzene rings is 1. The van der Waals surface area contributed by atoms with Crippen LogP contribution in [0.5, 0.6) is 0 Å². The lowest BCUT2D eigenvalue weighted by Crippen LogP contribution is -2.15. The maximum absolute atomic E-state index is 13.1. The van der Waals surface area contributed by atoms with Crippen molar-refractivity contribution in [3.8, 4) is 0 Å². The lowest BCUT2D eigenvalue weighted by Gasteiger charge is -2.14. The highest BCUT2D eigenvalue weighted by atomic mass is 19.2. The van der Waals surface area contributed by atoms with Crippen LogP contribution in [-0.4, -0.2) is 16.5 Å². The van der Waals surface area contributed by atoms with E-state index in [9.17, 15) is 8.78 Å². The molecule has 2 N–H and O–H groups in total. The van der Waals surface area contributed by atoms with Gasteiger partial charge in [0, 0.05) is 31.1 Å². The molecule has 0 aliphatic carbocycles. The normalized spacial score (nSPS) is 12.4. The van der Waals surface area contributed by atoms with Crippen LogP contribution >= 0.6 is 0 Å². The minimum atomic E-state index is -0.884. The minimum Gasteiger partial charge on any atom is -0.329 e. The van der Waals surface area contributed by atoms with Crippen molar-refractivity contribution in [3.05, 3.63) is 59.7 Å². The van der Waals surface area contributed by atoms with Gasteiger partial charge in [0.15, 0.2) is 11.6 Å². The number of rotatable bonds is 3. The predicted octanol–water partition coefficient (Wildman–Crippen LogP) is 1.85. The Morgan fingerprint density at radius 3 is 2.59 bits per heavy atom. The van der Waals surface area contributed by atoms with E-state index in [2.05, 4.69) is 9.97 Å². The molecular weight excluding hydrogens is 224 g/mol. The molecule has 0 aliphatic rings. The summed E-state index contributed by atoms with van der Waals surface area (Å²) in [5.74, 6) is -2.03. The Labute approximate surface area is 97.3 Å². The van der Waals surface area contributed by atoms with Crippen LogP contribution in [-0.2, 0) is 0 Å². The van der Waals surface area contributed by atoms with E-state index in [-0.39, 0.29) is 12.5 Å². The van der Waals surface area contributed by atoms with Crippen molar-refractivity contribution < 1.29 is 8.78 Å². The van der Waals surface area contributed by atoms with Gasteiger partial charge in [-0.15, -0.1) is 0 Å². The molecule has 0 amide bonds. The van der Waals surface area contributed by atoms with E-state index in [1.54, 1.807) is 12.4 Å². The first kappa shape index (κ1) is 11.6. The zero-order valence-corrected chi connectivity index (χ0v) is 8.98. The van der Waals surface area contributed by atoms with E-state index in [1.807, 2.05) is 0 Å². The summed E-state index contributed by atoms with van der Waals surface area (Å²) in [6.07, 6.45) is 4.65. The first-order valence-electron chi connectivity index (χ1n) is 5.13. The molecule has 0 radical (unpaired) electrons. The molecule has 1 atom stereocenters. The highest BCUT2D eigenvalue weighted by Gasteiger charge is 2.15. The maximum Gasteiger partial charge on any atom is 0.159 e. The molecule has 0 aliphatic heterocycles. The standard InChI is InChI=1S/C12H11F2N3/c13-10-2-1-8(5-11(10)14)9(6-15)12-7-16-3-4-17-12/h1-5,7,9H,6,15H2. The molecule has 1 unspecified atom stereocenters. The molecule has 1 aromatic carbocycles. The van der Waals surface area contributed by atoms with Crippen molar-refractivity contribution in [2.75, 3.05) is 6.54 Å². The van der Waals surface area contributed by atoms with Crippen LogP contribution in [0.4, 0.5) is 8.78 Å². The highest BCUT2D eigenvalue weighted by molar-refractivity contribution is 5.28. The summed E-state index contributed by atoms with van der Waals surface area (Å²) in [7, 11) is 0. The molecule has 5 heteroatoms. The number of halogens is 2. The number of nitrogens with two attached hydrogens (primary N) is 1. The quantitative estimate of drug-likeness (QED) is 0.883. The summed E-state index contributed by atoms with van der Waals surface area (Å²) in [4.78, 5) is 8.05. The summed E-state index contributed by atoms with van der Waals surface area (Å²) in [6, 6.07) is 3.73. The Morgan fingerprint density at radius 2 is 2.00 bits per heavy atom. The Morgan fingerprint density at radius 1 is 1.18 bits per heavy atom. The number of hydrogen-bond acceptors (Lipinski definition) is 3. The van der Waals surface area contributed by atoms with Crippen molar-refractivity contribution in [3.63, 3.8) is 0 Å². The molecule has 88 valence electrons. The molecule has 2 aromatic rings. The van der Waals surface area contributed by atoms with Gasteiger partial charge in [-0.3, -0.25) is 9.97 Å². The molecule has 1 heterocycles. The number of hydrogen-bond donors (Lipinski definition) is 1. The predicted molar refractivity (Wildman–Crippen MR) is 59.3 cm³/mol. The monoisotopic (exact) mass is 235 g/mol. The topological polar surface area (TPSA) is 51.8 Å². The van der Waals surface area contributed by atoms with E-state index in [0.29, 0.717) is 11.3 Å². The van der Waals surface area contributed by atoms with Crippen LogP contribution in [0, 0.1) is 11.6 Å². The third-order valence-corrected chi connectivity index (χ3v) is 2.52. The molecular formula is C12H11F2N3. The van der Waals surface area contributed by atoms with E-state index in [0.717, 1.165) is 12.1 Å². The van der Waals surface area contributed by atoms with Crippen LogP contribution < -0.4 is 5.73 Å². The van der Waals surface area contributed by atoms with Crippen molar-refractivity contribution in [1.82, 2.24) is 9.97 Å². The van der Waals surface area contributed by atoms with Crippen molar-refractivity contribution in [2.24, 2.45) is 5.73 Å². The van der Waals surface area contributed by atoms with Crippen LogP contribution in [0.2, 0.25) is 0 Å².